The van der Waals surface area contributed by atoms with Gasteiger partial charge in [0.15, 0.2) is 11.6 Å². The molecule has 3 rings (SSSR count). The molecule has 0 saturated carbocycles. The molecule has 0 aliphatic heterocycles. The van der Waals surface area contributed by atoms with Gasteiger partial charge in [-0.25, -0.2) is 8.78 Å². The topological polar surface area (TPSA) is 111 Å². The SMILES string of the molecule is CCOc1ccccc1-n1nnnc1SCC(=O)NCC(=O)Nc1ccc(F)c(F)c1. The molecular weight excluding hydrogens is 430 g/mol. The van der Waals surface area contributed by atoms with E-state index in [1.165, 1.54) is 10.7 Å². The van der Waals surface area contributed by atoms with Crippen LogP contribution in [0.4, 0.5) is 14.5 Å². The Morgan fingerprint density at radius 1 is 1.13 bits per heavy atom. The molecule has 0 radical (unpaired) electrons. The molecule has 0 unspecified atom stereocenters. The van der Waals surface area contributed by atoms with E-state index in [1.807, 2.05) is 19.1 Å². The van der Waals surface area contributed by atoms with Crippen LogP contribution in [0.3, 0.4) is 0 Å². The minimum atomic E-state index is -1.08. The summed E-state index contributed by atoms with van der Waals surface area (Å²) in [6.07, 6.45) is 0. The number of carbonyl (C=O) groups is 2. The Balaban J connectivity index is 1.52. The normalized spacial score (nSPS) is 10.5. The van der Waals surface area contributed by atoms with Crippen molar-refractivity contribution in [3.63, 3.8) is 0 Å². The molecule has 0 fully saturated rings. The van der Waals surface area contributed by atoms with E-state index in [0.717, 1.165) is 23.9 Å². The fourth-order valence-electron chi connectivity index (χ4n) is 2.47. The van der Waals surface area contributed by atoms with E-state index >= 15 is 0 Å². The molecule has 1 aromatic heterocycles. The first-order chi connectivity index (χ1) is 15.0. The standard InChI is InChI=1S/C19H18F2N6O3S/c1-2-30-16-6-4-3-5-15(16)27-19(24-25-26-27)31-11-18(29)22-10-17(28)23-12-7-8-13(20)14(21)9-12/h3-9H,2,10-11H2,1H3,(H,22,29)(H,23,28). The van der Waals surface area contributed by atoms with Crippen molar-refractivity contribution in [2.75, 3.05) is 24.2 Å². The second-order valence-electron chi connectivity index (χ2n) is 6.02. The summed E-state index contributed by atoms with van der Waals surface area (Å²) < 4.78 is 33.1. The van der Waals surface area contributed by atoms with E-state index < -0.39 is 23.4 Å². The number of carbonyl (C=O) groups excluding carboxylic acids is 2. The van der Waals surface area contributed by atoms with Gasteiger partial charge in [0, 0.05) is 11.8 Å². The number of halogens is 2. The van der Waals surface area contributed by atoms with Crippen LogP contribution in [0.1, 0.15) is 6.92 Å². The third-order valence-corrected chi connectivity index (χ3v) is 4.74. The average molecular weight is 448 g/mol. The highest BCUT2D eigenvalue weighted by atomic mass is 32.2. The number of rotatable bonds is 9. The fraction of sp³-hybridized carbons (Fsp3) is 0.211. The van der Waals surface area contributed by atoms with Crippen molar-refractivity contribution < 1.29 is 23.1 Å². The molecule has 0 aliphatic rings. The first kappa shape index (κ1) is 22.2. The lowest BCUT2D eigenvalue weighted by atomic mass is 10.3. The zero-order valence-corrected chi connectivity index (χ0v) is 17.2. The molecular formula is C19H18F2N6O3S. The van der Waals surface area contributed by atoms with Gasteiger partial charge in [-0.2, -0.15) is 4.68 Å². The highest BCUT2D eigenvalue weighted by Gasteiger charge is 2.15. The van der Waals surface area contributed by atoms with Gasteiger partial charge in [0.1, 0.15) is 11.4 Å². The van der Waals surface area contributed by atoms with E-state index in [0.29, 0.717) is 23.2 Å². The molecule has 3 aromatic rings. The summed E-state index contributed by atoms with van der Waals surface area (Å²) >= 11 is 1.08. The molecule has 0 saturated heterocycles. The second-order valence-corrected chi connectivity index (χ2v) is 6.96. The number of thioether (sulfide) groups is 1. The van der Waals surface area contributed by atoms with Gasteiger partial charge in [0.05, 0.1) is 18.9 Å². The molecule has 9 nitrogen and oxygen atoms in total. The smallest absolute Gasteiger partial charge is 0.243 e. The third-order valence-electron chi connectivity index (χ3n) is 3.82. The van der Waals surface area contributed by atoms with Gasteiger partial charge in [-0.1, -0.05) is 23.9 Å². The number of hydrogen-bond acceptors (Lipinski definition) is 7. The molecule has 1 heterocycles. The fourth-order valence-corrected chi connectivity index (χ4v) is 3.18. The summed E-state index contributed by atoms with van der Waals surface area (Å²) in [5.74, 6) is -2.57. The summed E-state index contributed by atoms with van der Waals surface area (Å²) in [5, 5.41) is 16.7. The van der Waals surface area contributed by atoms with E-state index in [2.05, 4.69) is 26.2 Å². The van der Waals surface area contributed by atoms with E-state index in [-0.39, 0.29) is 18.0 Å². The first-order valence-corrected chi connectivity index (χ1v) is 10.1. The number of ether oxygens (including phenoxy) is 1. The molecule has 12 heteroatoms. The van der Waals surface area contributed by atoms with E-state index in [9.17, 15) is 18.4 Å². The summed E-state index contributed by atoms with van der Waals surface area (Å²) in [5.41, 5.74) is 0.711. The minimum absolute atomic E-state index is 0.0460. The van der Waals surface area contributed by atoms with Crippen LogP contribution in [0.15, 0.2) is 47.6 Å². The Labute approximate surface area is 180 Å². The Hall–Kier alpha value is -3.54. The van der Waals surface area contributed by atoms with Crippen molar-refractivity contribution in [1.29, 1.82) is 0 Å². The van der Waals surface area contributed by atoms with Gasteiger partial charge in [-0.15, -0.1) is 5.10 Å². The quantitative estimate of drug-likeness (QED) is 0.483. The lowest BCUT2D eigenvalue weighted by Gasteiger charge is -2.10. The molecule has 2 aromatic carbocycles. The highest BCUT2D eigenvalue weighted by Crippen LogP contribution is 2.25. The van der Waals surface area contributed by atoms with Crippen molar-refractivity contribution in [3.8, 4) is 11.4 Å². The Bertz CT molecular complexity index is 1080. The zero-order chi connectivity index (χ0) is 22.2. The highest BCUT2D eigenvalue weighted by molar-refractivity contribution is 7.99. The number of benzene rings is 2. The maximum atomic E-state index is 13.2. The maximum absolute atomic E-state index is 13.2. The predicted octanol–water partition coefficient (Wildman–Crippen LogP) is 2.19. The van der Waals surface area contributed by atoms with Crippen LogP contribution in [0.5, 0.6) is 5.75 Å². The Kier molecular flexibility index (Phi) is 7.49. The lowest BCUT2D eigenvalue weighted by Crippen LogP contribution is -2.34. The van der Waals surface area contributed by atoms with Crippen molar-refractivity contribution in [1.82, 2.24) is 25.5 Å². The maximum Gasteiger partial charge on any atom is 0.243 e. The summed E-state index contributed by atoms with van der Waals surface area (Å²) in [4.78, 5) is 24.0. The van der Waals surface area contributed by atoms with Crippen LogP contribution in [0.25, 0.3) is 5.69 Å². The van der Waals surface area contributed by atoms with Gasteiger partial charge in [-0.05, 0) is 41.6 Å². The first-order valence-electron chi connectivity index (χ1n) is 9.13. The summed E-state index contributed by atoms with van der Waals surface area (Å²) in [6.45, 7) is 1.99. The largest absolute Gasteiger partial charge is 0.492 e. The monoisotopic (exact) mass is 448 g/mol. The number of nitrogens with zero attached hydrogens (tertiary/aromatic N) is 4. The van der Waals surface area contributed by atoms with E-state index in [4.69, 9.17) is 4.74 Å². The second kappa shape index (κ2) is 10.5. The molecule has 31 heavy (non-hydrogen) atoms. The van der Waals surface area contributed by atoms with Gasteiger partial charge in [0.2, 0.25) is 17.0 Å². The number of tetrazole rings is 1. The van der Waals surface area contributed by atoms with Crippen LogP contribution in [-0.2, 0) is 9.59 Å². The number of nitrogens with one attached hydrogen (secondary N) is 2. The Morgan fingerprint density at radius 2 is 1.94 bits per heavy atom. The average Bonchev–Trinajstić information content (AvgIpc) is 3.22. The molecule has 162 valence electrons. The Morgan fingerprint density at radius 3 is 2.71 bits per heavy atom. The van der Waals surface area contributed by atoms with Crippen LogP contribution >= 0.6 is 11.8 Å². The minimum Gasteiger partial charge on any atom is -0.492 e. The van der Waals surface area contributed by atoms with Crippen molar-refractivity contribution in [3.05, 3.63) is 54.1 Å². The molecule has 0 spiro atoms. The van der Waals surface area contributed by atoms with Crippen molar-refractivity contribution >= 4 is 29.3 Å². The number of hydrogen-bond donors (Lipinski definition) is 2. The van der Waals surface area contributed by atoms with Crippen LogP contribution in [0, 0.1) is 11.6 Å². The molecule has 0 bridgehead atoms. The van der Waals surface area contributed by atoms with Crippen LogP contribution < -0.4 is 15.4 Å². The van der Waals surface area contributed by atoms with Crippen molar-refractivity contribution in [2.24, 2.45) is 0 Å². The number of aromatic nitrogens is 4. The van der Waals surface area contributed by atoms with Gasteiger partial charge in [-0.3, -0.25) is 9.59 Å². The number of para-hydroxylation sites is 2. The summed E-state index contributed by atoms with van der Waals surface area (Å²) in [6, 6.07) is 10.2. The van der Waals surface area contributed by atoms with Gasteiger partial charge in [0.25, 0.3) is 0 Å². The molecule has 0 atom stereocenters. The number of anilines is 1. The molecule has 2 N–H and O–H groups in total. The molecule has 2 amide bonds. The van der Waals surface area contributed by atoms with Gasteiger partial charge < -0.3 is 15.4 Å². The zero-order valence-electron chi connectivity index (χ0n) is 16.3. The third kappa shape index (κ3) is 5.98. The van der Waals surface area contributed by atoms with Crippen LogP contribution in [-0.4, -0.2) is 50.9 Å². The van der Waals surface area contributed by atoms with Crippen molar-refractivity contribution in [2.45, 2.75) is 12.1 Å². The summed E-state index contributed by atoms with van der Waals surface area (Å²) in [7, 11) is 0. The molecule has 0 aliphatic carbocycles. The number of amides is 2. The van der Waals surface area contributed by atoms with Gasteiger partial charge >= 0.3 is 0 Å². The van der Waals surface area contributed by atoms with Crippen LogP contribution in [0.2, 0.25) is 0 Å². The van der Waals surface area contributed by atoms with E-state index in [1.54, 1.807) is 12.1 Å². The lowest BCUT2D eigenvalue weighted by molar-refractivity contribution is -0.122. The predicted molar refractivity (Wildman–Crippen MR) is 109 cm³/mol.